The van der Waals surface area contributed by atoms with Crippen LogP contribution < -0.4 is 0 Å². The molecule has 0 spiro atoms. The average Bonchev–Trinajstić information content (AvgIpc) is 2.65. The molecule has 1 unspecified atom stereocenters. The Labute approximate surface area is 150 Å². The van der Waals surface area contributed by atoms with E-state index in [0.717, 1.165) is 0 Å². The summed E-state index contributed by atoms with van der Waals surface area (Å²) in [5.74, 6) is 0. The van der Waals surface area contributed by atoms with Crippen LogP contribution in [0.3, 0.4) is 0 Å². The van der Waals surface area contributed by atoms with E-state index in [1.54, 1.807) is 0 Å². The van der Waals surface area contributed by atoms with Gasteiger partial charge in [-0.3, -0.25) is 0 Å². The number of ether oxygens (including phenoxy) is 5. The molecule has 1 aliphatic heterocycles. The van der Waals surface area contributed by atoms with Crippen molar-refractivity contribution >= 4 is 0 Å². The first-order valence-electron chi connectivity index (χ1n) is 8.28. The number of azide groups is 1. The van der Waals surface area contributed by atoms with Crippen LogP contribution in [-0.2, 0) is 23.7 Å². The Morgan fingerprint density at radius 2 is 1.42 bits per heavy atom. The van der Waals surface area contributed by atoms with Crippen molar-refractivity contribution in [3.05, 3.63) is 10.4 Å². The van der Waals surface area contributed by atoms with E-state index < -0.39 is 37.3 Å². The molecule has 0 aromatic rings. The Balaban J connectivity index is 1.97. The number of rotatable bonds is 14. The van der Waals surface area contributed by atoms with E-state index in [1.165, 1.54) is 0 Å². The Morgan fingerprint density at radius 1 is 0.846 bits per heavy atom. The van der Waals surface area contributed by atoms with Crippen molar-refractivity contribution in [2.24, 2.45) is 5.11 Å². The van der Waals surface area contributed by atoms with Gasteiger partial charge in [-0.25, -0.2) is 0 Å². The first-order chi connectivity index (χ1) is 12.6. The topological polar surface area (TPSA) is 176 Å². The molecule has 1 aliphatic rings. The SMILES string of the molecule is [N-]=[N+]=NCCOCCOCCOCCOC1O[C@H](CO)[C@@H](O)[C@H](O)[C@H]1O. The van der Waals surface area contributed by atoms with Crippen molar-refractivity contribution in [2.75, 3.05) is 59.4 Å². The Bertz CT molecular complexity index is 409. The molecule has 0 bridgehead atoms. The maximum Gasteiger partial charge on any atom is 0.186 e. The van der Waals surface area contributed by atoms with Crippen LogP contribution >= 0.6 is 0 Å². The molecule has 152 valence electrons. The van der Waals surface area contributed by atoms with Crippen molar-refractivity contribution < 1.29 is 44.1 Å². The molecule has 26 heavy (non-hydrogen) atoms. The molecule has 0 aliphatic carbocycles. The minimum Gasteiger partial charge on any atom is -0.394 e. The second-order valence-electron chi connectivity index (χ2n) is 5.36. The minimum atomic E-state index is -1.46. The molecule has 1 saturated heterocycles. The summed E-state index contributed by atoms with van der Waals surface area (Å²) >= 11 is 0. The van der Waals surface area contributed by atoms with Gasteiger partial charge >= 0.3 is 0 Å². The third kappa shape index (κ3) is 8.56. The maximum atomic E-state index is 9.77. The van der Waals surface area contributed by atoms with E-state index in [9.17, 15) is 15.3 Å². The van der Waals surface area contributed by atoms with Gasteiger partial charge in [0.2, 0.25) is 0 Å². The summed E-state index contributed by atoms with van der Waals surface area (Å²) in [6.45, 7) is 1.89. The highest BCUT2D eigenvalue weighted by Gasteiger charge is 2.43. The fourth-order valence-electron chi connectivity index (χ4n) is 2.12. The standard InChI is InChI=1S/C14H27N3O9/c15-17-16-1-2-22-3-4-23-5-6-24-7-8-25-14-13(21)12(20)11(19)10(9-18)26-14/h10-14,18-21H,1-9H2/t10-,11-,12+,13-,14?/m1/s1. The highest BCUT2D eigenvalue weighted by Crippen LogP contribution is 2.21. The lowest BCUT2D eigenvalue weighted by molar-refractivity contribution is -0.302. The van der Waals surface area contributed by atoms with Crippen LogP contribution in [0.2, 0.25) is 0 Å². The summed E-state index contributed by atoms with van der Waals surface area (Å²) in [5.41, 5.74) is 8.06. The Morgan fingerprint density at radius 3 is 2.00 bits per heavy atom. The molecule has 1 heterocycles. The second-order valence-corrected chi connectivity index (χ2v) is 5.36. The molecule has 4 N–H and O–H groups in total. The van der Waals surface area contributed by atoms with E-state index in [0.29, 0.717) is 33.0 Å². The largest absolute Gasteiger partial charge is 0.394 e. The van der Waals surface area contributed by atoms with Crippen molar-refractivity contribution in [3.63, 3.8) is 0 Å². The molecule has 12 nitrogen and oxygen atoms in total. The van der Waals surface area contributed by atoms with Crippen molar-refractivity contribution in [3.8, 4) is 0 Å². The normalized spacial score (nSPS) is 28.7. The van der Waals surface area contributed by atoms with Gasteiger partial charge < -0.3 is 44.1 Å². The quantitative estimate of drug-likeness (QED) is 0.117. The van der Waals surface area contributed by atoms with Crippen molar-refractivity contribution in [2.45, 2.75) is 30.7 Å². The Kier molecular flexibility index (Phi) is 12.4. The molecular weight excluding hydrogens is 354 g/mol. The molecule has 0 saturated carbocycles. The second kappa shape index (κ2) is 14.1. The van der Waals surface area contributed by atoms with Gasteiger partial charge in [0, 0.05) is 11.5 Å². The zero-order valence-electron chi connectivity index (χ0n) is 14.4. The van der Waals surface area contributed by atoms with E-state index in [4.69, 9.17) is 34.3 Å². The number of nitrogens with zero attached hydrogens (tertiary/aromatic N) is 3. The molecule has 0 radical (unpaired) electrons. The molecule has 0 amide bonds. The molecule has 1 rings (SSSR count). The van der Waals surface area contributed by atoms with Crippen molar-refractivity contribution in [1.82, 2.24) is 0 Å². The summed E-state index contributed by atoms with van der Waals surface area (Å²) in [6, 6.07) is 0. The highest BCUT2D eigenvalue weighted by molar-refractivity contribution is 4.88. The van der Waals surface area contributed by atoms with E-state index in [-0.39, 0.29) is 19.8 Å². The minimum absolute atomic E-state index is 0.0885. The highest BCUT2D eigenvalue weighted by atomic mass is 16.7. The molecule has 0 aromatic carbocycles. The zero-order valence-corrected chi connectivity index (χ0v) is 14.4. The fraction of sp³-hybridized carbons (Fsp3) is 1.00. The van der Waals surface area contributed by atoms with E-state index in [2.05, 4.69) is 10.0 Å². The van der Waals surface area contributed by atoms with Gasteiger partial charge in [-0.15, -0.1) is 0 Å². The van der Waals surface area contributed by atoms with E-state index in [1.807, 2.05) is 0 Å². The van der Waals surface area contributed by atoms with Gasteiger partial charge in [0.1, 0.15) is 24.4 Å². The smallest absolute Gasteiger partial charge is 0.186 e. The maximum absolute atomic E-state index is 9.77. The number of aliphatic hydroxyl groups is 4. The van der Waals surface area contributed by atoms with Crippen molar-refractivity contribution in [1.29, 1.82) is 0 Å². The first kappa shape index (κ1) is 23.0. The van der Waals surface area contributed by atoms with E-state index >= 15 is 0 Å². The van der Waals surface area contributed by atoms with Crippen LogP contribution in [0, 0.1) is 0 Å². The predicted octanol–water partition coefficient (Wildman–Crippen LogP) is -1.84. The van der Waals surface area contributed by atoms with Gasteiger partial charge in [-0.05, 0) is 5.53 Å². The fourth-order valence-corrected chi connectivity index (χ4v) is 2.12. The number of aliphatic hydroxyl groups excluding tert-OH is 4. The summed E-state index contributed by atoms with van der Waals surface area (Å²) in [4.78, 5) is 2.60. The van der Waals surface area contributed by atoms with Crippen LogP contribution in [0.25, 0.3) is 10.4 Å². The summed E-state index contributed by atoms with van der Waals surface area (Å²) in [5, 5.41) is 41.4. The molecule has 12 heteroatoms. The van der Waals surface area contributed by atoms with Gasteiger partial charge in [0.05, 0.1) is 52.9 Å². The van der Waals surface area contributed by atoms with Crippen LogP contribution in [0.1, 0.15) is 0 Å². The lowest BCUT2D eigenvalue weighted by atomic mass is 9.99. The number of hydrogen-bond donors (Lipinski definition) is 4. The summed E-state index contributed by atoms with van der Waals surface area (Å²) < 4.78 is 26.1. The van der Waals surface area contributed by atoms with Crippen LogP contribution in [0.4, 0.5) is 0 Å². The zero-order chi connectivity index (χ0) is 19.2. The molecular formula is C14H27N3O9. The molecule has 0 aromatic heterocycles. The summed E-state index contributed by atoms with van der Waals surface area (Å²) in [6.07, 6.45) is -6.45. The molecule has 1 fully saturated rings. The third-order valence-corrected chi connectivity index (χ3v) is 3.50. The third-order valence-electron chi connectivity index (χ3n) is 3.50. The van der Waals surface area contributed by atoms with Crippen LogP contribution in [-0.4, -0.2) is 111 Å². The lowest BCUT2D eigenvalue weighted by Crippen LogP contribution is -2.59. The van der Waals surface area contributed by atoms with Crippen LogP contribution in [0.5, 0.6) is 0 Å². The monoisotopic (exact) mass is 381 g/mol. The average molecular weight is 381 g/mol. The van der Waals surface area contributed by atoms with Gasteiger partial charge in [-0.2, -0.15) is 0 Å². The van der Waals surface area contributed by atoms with Crippen LogP contribution in [0.15, 0.2) is 5.11 Å². The van der Waals surface area contributed by atoms with Gasteiger partial charge in [-0.1, -0.05) is 5.11 Å². The Hall–Kier alpha value is -1.05. The molecule has 5 atom stereocenters. The summed E-state index contributed by atoms with van der Waals surface area (Å²) in [7, 11) is 0. The lowest BCUT2D eigenvalue weighted by Gasteiger charge is -2.39. The number of hydrogen-bond acceptors (Lipinski definition) is 10. The van der Waals surface area contributed by atoms with Gasteiger partial charge in [0.25, 0.3) is 0 Å². The first-order valence-corrected chi connectivity index (χ1v) is 8.28. The predicted molar refractivity (Wildman–Crippen MR) is 86.2 cm³/mol. The van der Waals surface area contributed by atoms with Gasteiger partial charge in [0.15, 0.2) is 6.29 Å².